The van der Waals surface area contributed by atoms with Crippen molar-refractivity contribution in [2.75, 3.05) is 0 Å². The first-order valence-corrected chi connectivity index (χ1v) is 6.11. The van der Waals surface area contributed by atoms with Crippen molar-refractivity contribution in [3.63, 3.8) is 0 Å². The standard InChI is InChI=1S/C13H16ClN3O/c1-13(2)9(7-4-3-5-8(14)6-7)10(13)11(18)17-12(15)16/h3-6,9-10H,1-2H3,(H4,15,16,17,18)/t9-,10+/m0/s1. The van der Waals surface area contributed by atoms with Crippen LogP contribution in [0.2, 0.25) is 5.02 Å². The minimum atomic E-state index is -0.259. The molecule has 0 heterocycles. The molecule has 2 atom stereocenters. The third-order valence-electron chi connectivity index (χ3n) is 3.54. The lowest BCUT2D eigenvalue weighted by Gasteiger charge is -2.02. The minimum Gasteiger partial charge on any atom is -0.370 e. The molecule has 2 rings (SSSR count). The van der Waals surface area contributed by atoms with Crippen molar-refractivity contribution in [2.45, 2.75) is 19.8 Å². The highest BCUT2D eigenvalue weighted by Crippen LogP contribution is 2.64. The molecule has 4 N–H and O–H groups in total. The molecular weight excluding hydrogens is 250 g/mol. The summed E-state index contributed by atoms with van der Waals surface area (Å²) >= 11 is 5.97. The quantitative estimate of drug-likeness (QED) is 0.633. The maximum atomic E-state index is 11.9. The topological polar surface area (TPSA) is 81.5 Å². The highest BCUT2D eigenvalue weighted by Gasteiger charge is 2.62. The van der Waals surface area contributed by atoms with Crippen LogP contribution in [0, 0.1) is 11.3 Å². The summed E-state index contributed by atoms with van der Waals surface area (Å²) in [6, 6.07) is 7.55. The number of amides is 1. The van der Waals surface area contributed by atoms with E-state index in [1.54, 1.807) is 0 Å². The van der Waals surface area contributed by atoms with Crippen molar-refractivity contribution >= 4 is 23.5 Å². The largest absolute Gasteiger partial charge is 0.370 e. The van der Waals surface area contributed by atoms with Gasteiger partial charge in [0.25, 0.3) is 5.91 Å². The Hall–Kier alpha value is -1.55. The fourth-order valence-corrected chi connectivity index (χ4v) is 2.82. The number of hydrogen-bond acceptors (Lipinski definition) is 1. The number of hydrogen-bond donors (Lipinski definition) is 2. The Balaban J connectivity index is 2.26. The molecule has 5 heteroatoms. The zero-order chi connectivity index (χ0) is 13.5. The van der Waals surface area contributed by atoms with Gasteiger partial charge < -0.3 is 11.5 Å². The second-order valence-corrected chi connectivity index (χ2v) is 5.64. The van der Waals surface area contributed by atoms with Crippen molar-refractivity contribution in [2.24, 2.45) is 27.8 Å². The molecule has 1 aromatic rings. The van der Waals surface area contributed by atoms with Crippen LogP contribution in [0.3, 0.4) is 0 Å². The van der Waals surface area contributed by atoms with Crippen LogP contribution in [0.1, 0.15) is 25.3 Å². The molecule has 0 spiro atoms. The number of nitrogens with two attached hydrogens (primary N) is 2. The van der Waals surface area contributed by atoms with Gasteiger partial charge in [0, 0.05) is 10.9 Å². The Kier molecular flexibility index (Phi) is 3.07. The van der Waals surface area contributed by atoms with Crippen molar-refractivity contribution in [1.82, 2.24) is 0 Å². The van der Waals surface area contributed by atoms with Gasteiger partial charge in [0.15, 0.2) is 5.96 Å². The van der Waals surface area contributed by atoms with Crippen LogP contribution in [0.5, 0.6) is 0 Å². The van der Waals surface area contributed by atoms with Crippen LogP contribution in [0.4, 0.5) is 0 Å². The molecular formula is C13H16ClN3O. The Labute approximate surface area is 111 Å². The summed E-state index contributed by atoms with van der Waals surface area (Å²) < 4.78 is 0. The van der Waals surface area contributed by atoms with Gasteiger partial charge >= 0.3 is 0 Å². The fourth-order valence-electron chi connectivity index (χ4n) is 2.62. The number of carbonyl (C=O) groups is 1. The molecule has 1 saturated carbocycles. The van der Waals surface area contributed by atoms with Gasteiger partial charge in [-0.1, -0.05) is 37.6 Å². The summed E-state index contributed by atoms with van der Waals surface area (Å²) in [5.74, 6) is -0.512. The highest BCUT2D eigenvalue weighted by atomic mass is 35.5. The van der Waals surface area contributed by atoms with Gasteiger partial charge in [0.05, 0.1) is 5.92 Å². The zero-order valence-corrected chi connectivity index (χ0v) is 11.1. The number of rotatable bonds is 2. The first-order valence-electron chi connectivity index (χ1n) is 5.73. The molecule has 0 unspecified atom stereocenters. The van der Waals surface area contributed by atoms with E-state index in [0.717, 1.165) is 5.56 Å². The average Bonchev–Trinajstić information content (AvgIpc) is 2.80. The Morgan fingerprint density at radius 3 is 2.61 bits per heavy atom. The van der Waals surface area contributed by atoms with E-state index in [4.69, 9.17) is 23.1 Å². The lowest BCUT2D eigenvalue weighted by Crippen LogP contribution is -2.25. The molecule has 4 nitrogen and oxygen atoms in total. The number of halogens is 1. The third kappa shape index (κ3) is 2.20. The molecule has 0 bridgehead atoms. The van der Waals surface area contributed by atoms with Crippen LogP contribution in [0.15, 0.2) is 29.3 Å². The van der Waals surface area contributed by atoms with Crippen LogP contribution < -0.4 is 11.5 Å². The number of nitrogens with zero attached hydrogens (tertiary/aromatic N) is 1. The third-order valence-corrected chi connectivity index (χ3v) is 3.78. The summed E-state index contributed by atoms with van der Waals surface area (Å²) in [5.41, 5.74) is 11.4. The minimum absolute atomic E-state index is 0.117. The lowest BCUT2D eigenvalue weighted by atomic mass is 10.0. The maximum absolute atomic E-state index is 11.9. The van der Waals surface area contributed by atoms with Crippen molar-refractivity contribution in [3.05, 3.63) is 34.9 Å². The van der Waals surface area contributed by atoms with Crippen molar-refractivity contribution in [1.29, 1.82) is 0 Å². The fraction of sp³-hybridized carbons (Fsp3) is 0.385. The first-order chi connectivity index (χ1) is 8.34. The summed E-state index contributed by atoms with van der Waals surface area (Å²) in [6.07, 6.45) is 0. The van der Waals surface area contributed by atoms with Gasteiger partial charge in [-0.15, -0.1) is 0 Å². The predicted octanol–water partition coefficient (Wildman–Crippen LogP) is 1.88. The molecule has 1 aromatic carbocycles. The van der Waals surface area contributed by atoms with Crippen LogP contribution in [-0.2, 0) is 4.79 Å². The Morgan fingerprint density at radius 2 is 2.06 bits per heavy atom. The van der Waals surface area contributed by atoms with E-state index in [1.165, 1.54) is 0 Å². The molecule has 1 fully saturated rings. The summed E-state index contributed by atoms with van der Waals surface area (Å²) in [6.45, 7) is 4.06. The SMILES string of the molecule is CC1(C)[C@@H](C(=O)N=C(N)N)[C@@H]1c1cccc(Cl)c1. The van der Waals surface area contributed by atoms with Crippen LogP contribution in [0.25, 0.3) is 0 Å². The lowest BCUT2D eigenvalue weighted by molar-refractivity contribution is -0.119. The molecule has 18 heavy (non-hydrogen) atoms. The number of benzene rings is 1. The monoisotopic (exact) mass is 265 g/mol. The normalized spacial score (nSPS) is 24.4. The molecule has 1 amide bonds. The molecule has 0 aliphatic heterocycles. The Bertz CT molecular complexity index is 521. The van der Waals surface area contributed by atoms with E-state index >= 15 is 0 Å². The number of guanidine groups is 1. The molecule has 96 valence electrons. The maximum Gasteiger partial charge on any atom is 0.253 e. The van der Waals surface area contributed by atoms with Crippen LogP contribution >= 0.6 is 11.6 Å². The van der Waals surface area contributed by atoms with E-state index in [0.29, 0.717) is 5.02 Å². The number of aliphatic imine (C=N–C) groups is 1. The molecule has 0 saturated heterocycles. The van der Waals surface area contributed by atoms with Gasteiger partial charge in [-0.3, -0.25) is 4.79 Å². The molecule has 0 radical (unpaired) electrons. The highest BCUT2D eigenvalue weighted by molar-refractivity contribution is 6.30. The second-order valence-electron chi connectivity index (χ2n) is 5.21. The summed E-state index contributed by atoms with van der Waals surface area (Å²) in [7, 11) is 0. The molecule has 1 aliphatic rings. The summed E-state index contributed by atoms with van der Waals surface area (Å²) in [5, 5.41) is 0.670. The Morgan fingerprint density at radius 1 is 1.39 bits per heavy atom. The van der Waals surface area contributed by atoms with E-state index in [9.17, 15) is 4.79 Å². The molecule has 1 aliphatic carbocycles. The predicted molar refractivity (Wildman–Crippen MR) is 72.3 cm³/mol. The van der Waals surface area contributed by atoms with Gasteiger partial charge in [0.2, 0.25) is 0 Å². The summed E-state index contributed by atoms with van der Waals surface area (Å²) in [4.78, 5) is 15.6. The van der Waals surface area contributed by atoms with Gasteiger partial charge in [-0.25, -0.2) is 0 Å². The van der Waals surface area contributed by atoms with Gasteiger partial charge in [-0.05, 0) is 23.1 Å². The number of carbonyl (C=O) groups excluding carboxylic acids is 1. The average molecular weight is 266 g/mol. The van der Waals surface area contributed by atoms with Gasteiger partial charge in [0.1, 0.15) is 0 Å². The zero-order valence-electron chi connectivity index (χ0n) is 10.4. The van der Waals surface area contributed by atoms with Crippen LogP contribution in [-0.4, -0.2) is 11.9 Å². The second kappa shape index (κ2) is 4.28. The molecule has 0 aromatic heterocycles. The van der Waals surface area contributed by atoms with E-state index < -0.39 is 0 Å². The van der Waals surface area contributed by atoms with Gasteiger partial charge in [-0.2, -0.15) is 4.99 Å². The van der Waals surface area contributed by atoms with Crippen molar-refractivity contribution < 1.29 is 4.79 Å². The van der Waals surface area contributed by atoms with Crippen molar-refractivity contribution in [3.8, 4) is 0 Å². The van der Waals surface area contributed by atoms with E-state index in [2.05, 4.69) is 4.99 Å². The first kappa shape index (κ1) is 12.9. The smallest absolute Gasteiger partial charge is 0.253 e. The van der Waals surface area contributed by atoms with E-state index in [1.807, 2.05) is 38.1 Å². The van der Waals surface area contributed by atoms with E-state index in [-0.39, 0.29) is 29.1 Å².